The van der Waals surface area contributed by atoms with Crippen molar-refractivity contribution in [2.45, 2.75) is 20.8 Å². The molecule has 0 spiro atoms. The molecule has 0 aliphatic rings. The van der Waals surface area contributed by atoms with Gasteiger partial charge in [0.15, 0.2) is 5.13 Å². The summed E-state index contributed by atoms with van der Waals surface area (Å²) in [5, 5.41) is 12.7. The molecule has 0 saturated heterocycles. The lowest BCUT2D eigenvalue weighted by atomic mass is 9.98. The quantitative estimate of drug-likeness (QED) is 0.796. The third kappa shape index (κ3) is 3.27. The van der Waals surface area contributed by atoms with Gasteiger partial charge < -0.3 is 0 Å². The van der Waals surface area contributed by atoms with Gasteiger partial charge in [-0.3, -0.25) is 10.1 Å². The lowest BCUT2D eigenvalue weighted by Gasteiger charge is -2.08. The number of benzene rings is 1. The number of carbonyl (C=O) groups excluding carboxylic acids is 1. The largest absolute Gasteiger partial charge is 0.298 e. The zero-order valence-corrected chi connectivity index (χ0v) is 13.9. The normalized spacial score (nSPS) is 10.6. The van der Waals surface area contributed by atoms with Crippen LogP contribution in [0.4, 0.5) is 5.13 Å². The first-order valence-corrected chi connectivity index (χ1v) is 8.04. The van der Waals surface area contributed by atoms with E-state index in [0.29, 0.717) is 10.7 Å². The Labute approximate surface area is 138 Å². The second-order valence-electron chi connectivity index (χ2n) is 5.40. The summed E-state index contributed by atoms with van der Waals surface area (Å²) in [6.45, 7) is 6.24. The van der Waals surface area contributed by atoms with E-state index in [0.717, 1.165) is 11.3 Å². The molecule has 0 atom stereocenters. The molecule has 1 N–H and O–H groups in total. The average Bonchev–Trinajstić information content (AvgIpc) is 2.95. The Hall–Kier alpha value is -2.60. The fraction of sp³-hybridized carbons (Fsp3) is 0.176. The van der Waals surface area contributed by atoms with Crippen LogP contribution in [0.5, 0.6) is 0 Å². The second-order valence-corrected chi connectivity index (χ2v) is 6.25. The molecular formula is C17H16N4OS. The Balaban J connectivity index is 1.86. The molecule has 2 aromatic heterocycles. The van der Waals surface area contributed by atoms with Crippen LogP contribution >= 0.6 is 11.3 Å². The standard InChI is InChI=1S/C17H16N4OS/c1-10-6-11(2)15(12(3)7-10)14-9-23-17(20-14)21-16(22)13-4-5-18-19-8-13/h4-9H,1-3H3,(H,20,21,22). The van der Waals surface area contributed by atoms with Crippen molar-refractivity contribution in [3.8, 4) is 11.3 Å². The number of aryl methyl sites for hydroxylation is 3. The van der Waals surface area contributed by atoms with E-state index in [4.69, 9.17) is 0 Å². The molecule has 0 aliphatic carbocycles. The van der Waals surface area contributed by atoms with E-state index >= 15 is 0 Å². The Morgan fingerprint density at radius 1 is 1.13 bits per heavy atom. The fourth-order valence-corrected chi connectivity index (χ4v) is 3.32. The van der Waals surface area contributed by atoms with Gasteiger partial charge in [0.2, 0.25) is 0 Å². The Kier molecular flexibility index (Phi) is 4.16. The third-order valence-corrected chi connectivity index (χ3v) is 4.26. The van der Waals surface area contributed by atoms with Crippen LogP contribution in [0.3, 0.4) is 0 Å². The van der Waals surface area contributed by atoms with E-state index in [9.17, 15) is 4.79 Å². The van der Waals surface area contributed by atoms with Crippen LogP contribution in [-0.4, -0.2) is 21.1 Å². The number of hydrogen-bond acceptors (Lipinski definition) is 5. The van der Waals surface area contributed by atoms with Gasteiger partial charge in [0, 0.05) is 10.9 Å². The molecule has 3 aromatic rings. The van der Waals surface area contributed by atoms with Crippen molar-refractivity contribution >= 4 is 22.4 Å². The zero-order valence-electron chi connectivity index (χ0n) is 13.1. The molecule has 0 saturated carbocycles. The fourth-order valence-electron chi connectivity index (χ4n) is 2.62. The average molecular weight is 324 g/mol. The van der Waals surface area contributed by atoms with Crippen LogP contribution in [0.2, 0.25) is 0 Å². The van der Waals surface area contributed by atoms with E-state index in [-0.39, 0.29) is 5.91 Å². The number of anilines is 1. The highest BCUT2D eigenvalue weighted by Crippen LogP contribution is 2.31. The molecular weight excluding hydrogens is 308 g/mol. The van der Waals surface area contributed by atoms with Crippen molar-refractivity contribution < 1.29 is 4.79 Å². The van der Waals surface area contributed by atoms with Gasteiger partial charge in [-0.05, 0) is 38.0 Å². The smallest absolute Gasteiger partial charge is 0.259 e. The molecule has 116 valence electrons. The monoisotopic (exact) mass is 324 g/mol. The van der Waals surface area contributed by atoms with Crippen molar-refractivity contribution in [1.29, 1.82) is 0 Å². The highest BCUT2D eigenvalue weighted by Gasteiger charge is 2.13. The van der Waals surface area contributed by atoms with Gasteiger partial charge in [0.1, 0.15) is 0 Å². The van der Waals surface area contributed by atoms with Gasteiger partial charge >= 0.3 is 0 Å². The summed E-state index contributed by atoms with van der Waals surface area (Å²) in [4.78, 5) is 16.7. The van der Waals surface area contributed by atoms with Gasteiger partial charge in [0.25, 0.3) is 5.91 Å². The van der Waals surface area contributed by atoms with E-state index in [1.165, 1.54) is 40.4 Å². The van der Waals surface area contributed by atoms with Crippen molar-refractivity contribution in [3.05, 3.63) is 58.2 Å². The molecule has 5 nitrogen and oxygen atoms in total. The molecule has 3 rings (SSSR count). The van der Waals surface area contributed by atoms with Crippen LogP contribution in [0.25, 0.3) is 11.3 Å². The first-order valence-electron chi connectivity index (χ1n) is 7.16. The van der Waals surface area contributed by atoms with Gasteiger partial charge in [0.05, 0.1) is 23.7 Å². The topological polar surface area (TPSA) is 67.8 Å². The first-order chi connectivity index (χ1) is 11.0. The maximum Gasteiger partial charge on any atom is 0.259 e. The third-order valence-electron chi connectivity index (χ3n) is 3.50. The molecule has 0 unspecified atom stereocenters. The summed E-state index contributed by atoms with van der Waals surface area (Å²) in [6, 6.07) is 5.90. The van der Waals surface area contributed by atoms with Crippen molar-refractivity contribution in [1.82, 2.24) is 15.2 Å². The number of aromatic nitrogens is 3. The lowest BCUT2D eigenvalue weighted by Crippen LogP contribution is -2.12. The molecule has 6 heteroatoms. The minimum atomic E-state index is -0.238. The SMILES string of the molecule is Cc1cc(C)c(-c2csc(NC(=O)c3ccnnc3)n2)c(C)c1. The number of thiazole rings is 1. The number of nitrogens with one attached hydrogen (secondary N) is 1. The van der Waals surface area contributed by atoms with Crippen LogP contribution in [-0.2, 0) is 0 Å². The van der Waals surface area contributed by atoms with Gasteiger partial charge in [-0.15, -0.1) is 11.3 Å². The Morgan fingerprint density at radius 3 is 2.52 bits per heavy atom. The summed E-state index contributed by atoms with van der Waals surface area (Å²) in [5.41, 5.74) is 6.07. The number of carbonyl (C=O) groups is 1. The summed E-state index contributed by atoms with van der Waals surface area (Å²) in [5.74, 6) is -0.238. The Morgan fingerprint density at radius 2 is 1.87 bits per heavy atom. The van der Waals surface area contributed by atoms with Gasteiger partial charge in [-0.25, -0.2) is 4.98 Å². The molecule has 23 heavy (non-hydrogen) atoms. The van der Waals surface area contributed by atoms with E-state index < -0.39 is 0 Å². The second kappa shape index (κ2) is 6.26. The summed E-state index contributed by atoms with van der Waals surface area (Å²) >= 11 is 1.41. The predicted octanol–water partition coefficient (Wildman–Crippen LogP) is 3.78. The molecule has 0 bridgehead atoms. The summed E-state index contributed by atoms with van der Waals surface area (Å²) in [6.07, 6.45) is 2.92. The molecule has 1 aromatic carbocycles. The van der Waals surface area contributed by atoms with E-state index in [1.54, 1.807) is 6.07 Å². The number of hydrogen-bond donors (Lipinski definition) is 1. The summed E-state index contributed by atoms with van der Waals surface area (Å²) < 4.78 is 0. The predicted molar refractivity (Wildman–Crippen MR) is 91.7 cm³/mol. The van der Waals surface area contributed by atoms with Crippen molar-refractivity contribution in [2.75, 3.05) is 5.32 Å². The highest BCUT2D eigenvalue weighted by molar-refractivity contribution is 7.14. The molecule has 0 radical (unpaired) electrons. The van der Waals surface area contributed by atoms with Crippen molar-refractivity contribution in [2.24, 2.45) is 0 Å². The van der Waals surface area contributed by atoms with Crippen molar-refractivity contribution in [3.63, 3.8) is 0 Å². The van der Waals surface area contributed by atoms with E-state index in [2.05, 4.69) is 53.4 Å². The summed E-state index contributed by atoms with van der Waals surface area (Å²) in [7, 11) is 0. The Bertz CT molecular complexity index is 835. The number of rotatable bonds is 3. The van der Waals surface area contributed by atoms with Crippen LogP contribution < -0.4 is 5.32 Å². The molecule has 1 amide bonds. The highest BCUT2D eigenvalue weighted by atomic mass is 32.1. The van der Waals surface area contributed by atoms with Crippen LogP contribution in [0, 0.1) is 20.8 Å². The number of amides is 1. The maximum absolute atomic E-state index is 12.1. The van der Waals surface area contributed by atoms with Crippen LogP contribution in [0.15, 0.2) is 36.0 Å². The molecule has 0 aliphatic heterocycles. The molecule has 0 fully saturated rings. The van der Waals surface area contributed by atoms with Crippen LogP contribution in [0.1, 0.15) is 27.0 Å². The van der Waals surface area contributed by atoms with Gasteiger partial charge in [-0.1, -0.05) is 17.7 Å². The van der Waals surface area contributed by atoms with Gasteiger partial charge in [-0.2, -0.15) is 10.2 Å². The minimum absolute atomic E-state index is 0.238. The zero-order chi connectivity index (χ0) is 16.4. The van der Waals surface area contributed by atoms with E-state index in [1.807, 2.05) is 5.38 Å². The maximum atomic E-state index is 12.1. The number of nitrogens with zero attached hydrogens (tertiary/aromatic N) is 3. The minimum Gasteiger partial charge on any atom is -0.298 e. The lowest BCUT2D eigenvalue weighted by molar-refractivity contribution is 0.102. The molecule has 2 heterocycles. The first kappa shape index (κ1) is 15.3.